The standard InChI is InChI=1S/C12H23NO2/c1-9(2)5-4-6-12(14)11-7-10(15-3)8-13-11/h9-11,13H,4-8H2,1-3H3. The largest absolute Gasteiger partial charge is 0.380 e. The Morgan fingerprint density at radius 2 is 2.27 bits per heavy atom. The molecule has 0 aromatic heterocycles. The van der Waals surface area contributed by atoms with Gasteiger partial charge in [0.2, 0.25) is 0 Å². The average Bonchev–Trinajstić information content (AvgIpc) is 2.65. The molecule has 3 nitrogen and oxygen atoms in total. The molecule has 1 aliphatic heterocycles. The fourth-order valence-electron chi connectivity index (χ4n) is 1.99. The lowest BCUT2D eigenvalue weighted by molar-refractivity contribution is -0.121. The quantitative estimate of drug-likeness (QED) is 0.730. The molecule has 2 atom stereocenters. The number of hydrogen-bond donors (Lipinski definition) is 1. The number of carbonyl (C=O) groups is 1. The summed E-state index contributed by atoms with van der Waals surface area (Å²) in [6.45, 7) is 5.20. The fraction of sp³-hybridized carbons (Fsp3) is 0.917. The van der Waals surface area contributed by atoms with Crippen LogP contribution in [0.15, 0.2) is 0 Å². The minimum Gasteiger partial charge on any atom is -0.380 e. The molecule has 0 bridgehead atoms. The number of hydrogen-bond acceptors (Lipinski definition) is 3. The Morgan fingerprint density at radius 3 is 2.80 bits per heavy atom. The van der Waals surface area contributed by atoms with Gasteiger partial charge < -0.3 is 10.1 Å². The monoisotopic (exact) mass is 213 g/mol. The normalized spacial score (nSPS) is 26.1. The molecule has 0 spiro atoms. The first-order valence-corrected chi connectivity index (χ1v) is 5.92. The predicted molar refractivity (Wildman–Crippen MR) is 60.9 cm³/mol. The number of Topliss-reactive ketones (excluding diaryl/α,β-unsaturated/α-hetero) is 1. The lowest BCUT2D eigenvalue weighted by Crippen LogP contribution is -2.30. The van der Waals surface area contributed by atoms with Crippen LogP contribution in [0.2, 0.25) is 0 Å². The van der Waals surface area contributed by atoms with Gasteiger partial charge in [-0.05, 0) is 18.8 Å². The van der Waals surface area contributed by atoms with Crippen LogP contribution in [0.5, 0.6) is 0 Å². The van der Waals surface area contributed by atoms with E-state index in [1.165, 1.54) is 0 Å². The van der Waals surface area contributed by atoms with Gasteiger partial charge in [0.25, 0.3) is 0 Å². The zero-order chi connectivity index (χ0) is 11.3. The molecule has 1 aliphatic rings. The molecule has 2 unspecified atom stereocenters. The van der Waals surface area contributed by atoms with E-state index in [1.807, 2.05) is 0 Å². The van der Waals surface area contributed by atoms with E-state index in [1.54, 1.807) is 7.11 Å². The first-order chi connectivity index (χ1) is 7.13. The first kappa shape index (κ1) is 12.7. The molecule has 0 aromatic rings. The fourth-order valence-corrected chi connectivity index (χ4v) is 1.99. The zero-order valence-corrected chi connectivity index (χ0v) is 10.1. The van der Waals surface area contributed by atoms with E-state index in [2.05, 4.69) is 19.2 Å². The van der Waals surface area contributed by atoms with Crippen LogP contribution in [0, 0.1) is 5.92 Å². The van der Waals surface area contributed by atoms with Crippen molar-refractivity contribution in [1.82, 2.24) is 5.32 Å². The molecule has 0 radical (unpaired) electrons. The molecule has 1 fully saturated rings. The molecule has 0 saturated carbocycles. The summed E-state index contributed by atoms with van der Waals surface area (Å²) in [5, 5.41) is 3.22. The second-order valence-corrected chi connectivity index (χ2v) is 4.81. The van der Waals surface area contributed by atoms with E-state index in [0.717, 1.165) is 25.8 Å². The van der Waals surface area contributed by atoms with Gasteiger partial charge in [-0.1, -0.05) is 20.3 Å². The van der Waals surface area contributed by atoms with Crippen LogP contribution in [0.1, 0.15) is 39.5 Å². The zero-order valence-electron chi connectivity index (χ0n) is 10.1. The van der Waals surface area contributed by atoms with Crippen molar-refractivity contribution in [1.29, 1.82) is 0 Å². The molecule has 0 amide bonds. The van der Waals surface area contributed by atoms with Crippen molar-refractivity contribution in [3.05, 3.63) is 0 Å². The number of ketones is 1. The third-order valence-corrected chi connectivity index (χ3v) is 3.02. The highest BCUT2D eigenvalue weighted by molar-refractivity contribution is 5.84. The molecule has 1 N–H and O–H groups in total. The maximum absolute atomic E-state index is 11.8. The third kappa shape index (κ3) is 4.31. The Hall–Kier alpha value is -0.410. The highest BCUT2D eigenvalue weighted by atomic mass is 16.5. The molecule has 0 aliphatic carbocycles. The number of ether oxygens (including phenoxy) is 1. The molecule has 1 saturated heterocycles. The maximum Gasteiger partial charge on any atom is 0.149 e. The summed E-state index contributed by atoms with van der Waals surface area (Å²) in [5.41, 5.74) is 0. The van der Waals surface area contributed by atoms with Crippen LogP contribution >= 0.6 is 0 Å². The van der Waals surface area contributed by atoms with Crippen LogP contribution < -0.4 is 5.32 Å². The van der Waals surface area contributed by atoms with Crippen LogP contribution in [0.3, 0.4) is 0 Å². The highest BCUT2D eigenvalue weighted by Gasteiger charge is 2.28. The maximum atomic E-state index is 11.8. The second-order valence-electron chi connectivity index (χ2n) is 4.81. The predicted octanol–water partition coefficient (Wildman–Crippen LogP) is 1.76. The topological polar surface area (TPSA) is 38.3 Å². The van der Waals surface area contributed by atoms with Crippen molar-refractivity contribution < 1.29 is 9.53 Å². The van der Waals surface area contributed by atoms with Gasteiger partial charge >= 0.3 is 0 Å². The summed E-state index contributed by atoms with van der Waals surface area (Å²) >= 11 is 0. The molecule has 88 valence electrons. The lowest BCUT2D eigenvalue weighted by atomic mass is 10.0. The SMILES string of the molecule is COC1CNC(C(=O)CCCC(C)C)C1. The smallest absolute Gasteiger partial charge is 0.149 e. The highest BCUT2D eigenvalue weighted by Crippen LogP contribution is 2.14. The van der Waals surface area contributed by atoms with Gasteiger partial charge in [-0.25, -0.2) is 0 Å². The Balaban J connectivity index is 2.18. The van der Waals surface area contributed by atoms with Gasteiger partial charge in [0, 0.05) is 20.1 Å². The average molecular weight is 213 g/mol. The Labute approximate surface area is 92.6 Å². The molecule has 1 heterocycles. The summed E-state index contributed by atoms with van der Waals surface area (Å²) in [6.07, 6.45) is 3.95. The van der Waals surface area contributed by atoms with E-state index in [-0.39, 0.29) is 12.1 Å². The Bertz CT molecular complexity index is 204. The third-order valence-electron chi connectivity index (χ3n) is 3.02. The number of rotatable bonds is 6. The van der Waals surface area contributed by atoms with Crippen molar-refractivity contribution in [3.63, 3.8) is 0 Å². The molecule has 15 heavy (non-hydrogen) atoms. The summed E-state index contributed by atoms with van der Waals surface area (Å²) in [5.74, 6) is 1.05. The van der Waals surface area contributed by atoms with Gasteiger partial charge in [0.15, 0.2) is 0 Å². The number of nitrogens with one attached hydrogen (secondary N) is 1. The molecule has 3 heteroatoms. The molecular formula is C12H23NO2. The first-order valence-electron chi connectivity index (χ1n) is 5.92. The van der Waals surface area contributed by atoms with Crippen LogP contribution in [0.4, 0.5) is 0 Å². The summed E-state index contributed by atoms with van der Waals surface area (Å²) < 4.78 is 5.22. The number of carbonyl (C=O) groups excluding carboxylic acids is 1. The van der Waals surface area contributed by atoms with E-state index >= 15 is 0 Å². The minimum absolute atomic E-state index is 0.0436. The van der Waals surface area contributed by atoms with Crippen LogP contribution in [-0.2, 0) is 9.53 Å². The number of methoxy groups -OCH3 is 1. The Kier molecular flexibility index (Phi) is 5.26. The molecule has 0 aromatic carbocycles. The van der Waals surface area contributed by atoms with Gasteiger partial charge in [-0.3, -0.25) is 4.79 Å². The van der Waals surface area contributed by atoms with Crippen LogP contribution in [0.25, 0.3) is 0 Å². The van der Waals surface area contributed by atoms with E-state index in [9.17, 15) is 4.79 Å². The second kappa shape index (κ2) is 6.23. The van der Waals surface area contributed by atoms with Gasteiger partial charge in [0.05, 0.1) is 12.1 Å². The summed E-state index contributed by atoms with van der Waals surface area (Å²) in [6, 6.07) is 0.0436. The van der Waals surface area contributed by atoms with Gasteiger partial charge in [0.1, 0.15) is 5.78 Å². The lowest BCUT2D eigenvalue weighted by Gasteiger charge is -2.09. The minimum atomic E-state index is 0.0436. The van der Waals surface area contributed by atoms with Crippen molar-refractivity contribution in [2.45, 2.75) is 51.7 Å². The summed E-state index contributed by atoms with van der Waals surface area (Å²) in [7, 11) is 1.71. The van der Waals surface area contributed by atoms with Crippen molar-refractivity contribution >= 4 is 5.78 Å². The van der Waals surface area contributed by atoms with Gasteiger partial charge in [-0.15, -0.1) is 0 Å². The van der Waals surface area contributed by atoms with E-state index < -0.39 is 0 Å². The van der Waals surface area contributed by atoms with E-state index in [0.29, 0.717) is 18.1 Å². The van der Waals surface area contributed by atoms with Crippen molar-refractivity contribution in [3.8, 4) is 0 Å². The molecular weight excluding hydrogens is 190 g/mol. The summed E-state index contributed by atoms with van der Waals surface area (Å²) in [4.78, 5) is 11.8. The van der Waals surface area contributed by atoms with Crippen molar-refractivity contribution in [2.75, 3.05) is 13.7 Å². The molecule has 1 rings (SSSR count). The van der Waals surface area contributed by atoms with E-state index in [4.69, 9.17) is 4.74 Å². The van der Waals surface area contributed by atoms with Crippen LogP contribution in [-0.4, -0.2) is 31.6 Å². The Morgan fingerprint density at radius 1 is 1.53 bits per heavy atom. The van der Waals surface area contributed by atoms with Gasteiger partial charge in [-0.2, -0.15) is 0 Å². The van der Waals surface area contributed by atoms with Crippen molar-refractivity contribution in [2.24, 2.45) is 5.92 Å².